The Kier molecular flexibility index (Phi) is 3.14. The van der Waals surface area contributed by atoms with Gasteiger partial charge in [0, 0.05) is 11.8 Å². The van der Waals surface area contributed by atoms with Crippen LogP contribution in [0.5, 0.6) is 0 Å². The zero-order chi connectivity index (χ0) is 12.4. The molecule has 0 saturated carbocycles. The van der Waals surface area contributed by atoms with E-state index in [0.29, 0.717) is 23.1 Å². The van der Waals surface area contributed by atoms with Gasteiger partial charge in [0.25, 0.3) is 0 Å². The molecule has 2 rings (SSSR count). The van der Waals surface area contributed by atoms with Gasteiger partial charge >= 0.3 is 0 Å². The Bertz CT molecular complexity index is 578. The number of halogens is 1. The Morgan fingerprint density at radius 3 is 2.53 bits per heavy atom. The first-order valence-electron chi connectivity index (χ1n) is 4.76. The predicted molar refractivity (Wildman–Crippen MR) is 62.5 cm³/mol. The van der Waals surface area contributed by atoms with Crippen LogP contribution in [-0.2, 0) is 11.0 Å². The van der Waals surface area contributed by atoms with E-state index in [1.807, 2.05) is 0 Å². The maximum absolute atomic E-state index is 12.8. The summed E-state index contributed by atoms with van der Waals surface area (Å²) in [6, 6.07) is 5.61. The highest BCUT2D eigenvalue weighted by molar-refractivity contribution is 7.82. The normalized spacial score (nSPS) is 12.4. The average Bonchev–Trinajstić information content (AvgIpc) is 2.74. The first kappa shape index (κ1) is 11.7. The molecule has 0 aliphatic rings. The third kappa shape index (κ3) is 2.31. The highest BCUT2D eigenvalue weighted by Crippen LogP contribution is 2.21. The van der Waals surface area contributed by atoms with Crippen LogP contribution in [0.15, 0.2) is 30.5 Å². The summed E-state index contributed by atoms with van der Waals surface area (Å²) in [7, 11) is -1.33. The van der Waals surface area contributed by atoms with Crippen LogP contribution in [0.1, 0.15) is 10.4 Å². The number of benzene rings is 1. The predicted octanol–water partition coefficient (Wildman–Crippen LogP) is 1.64. The lowest BCUT2D eigenvalue weighted by atomic mass is 10.1. The molecule has 6 heteroatoms. The molecular formula is C11H9FN2O2S. The van der Waals surface area contributed by atoms with Gasteiger partial charge in [-0.2, -0.15) is 9.19 Å². The first-order valence-corrected chi connectivity index (χ1v) is 6.28. The van der Waals surface area contributed by atoms with Gasteiger partial charge in [0.1, 0.15) is 22.5 Å². The van der Waals surface area contributed by atoms with Crippen LogP contribution in [0.25, 0.3) is 11.3 Å². The lowest BCUT2D eigenvalue weighted by Gasteiger charge is -1.97. The second-order valence-corrected chi connectivity index (χ2v) is 4.61. The van der Waals surface area contributed by atoms with Gasteiger partial charge in [0.15, 0.2) is 6.29 Å². The van der Waals surface area contributed by atoms with Crippen molar-refractivity contribution in [1.29, 1.82) is 0 Å². The molecular weight excluding hydrogens is 243 g/mol. The summed E-state index contributed by atoms with van der Waals surface area (Å²) in [6.45, 7) is 0. The van der Waals surface area contributed by atoms with Crippen LogP contribution in [0, 0.1) is 5.82 Å². The Morgan fingerprint density at radius 1 is 1.35 bits per heavy atom. The van der Waals surface area contributed by atoms with Gasteiger partial charge < -0.3 is 0 Å². The van der Waals surface area contributed by atoms with Crippen molar-refractivity contribution in [2.45, 2.75) is 0 Å². The van der Waals surface area contributed by atoms with Crippen molar-refractivity contribution in [3.63, 3.8) is 0 Å². The molecule has 0 bridgehead atoms. The van der Waals surface area contributed by atoms with Crippen molar-refractivity contribution in [3.8, 4) is 11.3 Å². The van der Waals surface area contributed by atoms with Gasteiger partial charge in [-0.05, 0) is 24.3 Å². The van der Waals surface area contributed by atoms with E-state index in [1.165, 1.54) is 40.8 Å². The fourth-order valence-electron chi connectivity index (χ4n) is 1.42. The van der Waals surface area contributed by atoms with E-state index in [0.717, 1.165) is 0 Å². The summed E-state index contributed by atoms with van der Waals surface area (Å²) in [4.78, 5) is 10.9. The molecule has 0 radical (unpaired) electrons. The SMILES string of the molecule is CS(=O)n1cc(C=O)c(-c2ccc(F)cc2)n1. The van der Waals surface area contributed by atoms with Gasteiger partial charge in [0.2, 0.25) is 0 Å². The van der Waals surface area contributed by atoms with E-state index in [2.05, 4.69) is 5.10 Å². The van der Waals surface area contributed by atoms with Crippen LogP contribution < -0.4 is 0 Å². The minimum Gasteiger partial charge on any atom is -0.298 e. The van der Waals surface area contributed by atoms with Crippen LogP contribution in [0.2, 0.25) is 0 Å². The number of aromatic nitrogens is 2. The number of hydrogen-bond donors (Lipinski definition) is 0. The molecule has 0 aliphatic heterocycles. The third-order valence-corrected chi connectivity index (χ3v) is 2.94. The maximum atomic E-state index is 12.8. The Hall–Kier alpha value is -1.82. The van der Waals surface area contributed by atoms with Gasteiger partial charge in [-0.15, -0.1) is 0 Å². The van der Waals surface area contributed by atoms with Crippen molar-refractivity contribution in [1.82, 2.24) is 9.19 Å². The van der Waals surface area contributed by atoms with E-state index < -0.39 is 11.0 Å². The molecule has 1 atom stereocenters. The van der Waals surface area contributed by atoms with E-state index in [1.54, 1.807) is 0 Å². The van der Waals surface area contributed by atoms with E-state index in [4.69, 9.17) is 0 Å². The fraction of sp³-hybridized carbons (Fsp3) is 0.0909. The molecule has 0 aliphatic carbocycles. The van der Waals surface area contributed by atoms with Crippen molar-refractivity contribution in [3.05, 3.63) is 41.8 Å². The number of carbonyl (C=O) groups is 1. The van der Waals surface area contributed by atoms with Crippen LogP contribution in [-0.4, -0.2) is 25.9 Å². The van der Waals surface area contributed by atoms with Crippen LogP contribution in [0.3, 0.4) is 0 Å². The second kappa shape index (κ2) is 4.58. The summed E-state index contributed by atoms with van der Waals surface area (Å²) >= 11 is 0. The summed E-state index contributed by atoms with van der Waals surface area (Å²) in [5.74, 6) is -0.361. The van der Waals surface area contributed by atoms with Gasteiger partial charge in [-0.1, -0.05) is 0 Å². The topological polar surface area (TPSA) is 52.0 Å². The quantitative estimate of drug-likeness (QED) is 0.780. The number of nitrogens with zero attached hydrogens (tertiary/aromatic N) is 2. The van der Waals surface area contributed by atoms with E-state index in [9.17, 15) is 13.4 Å². The lowest BCUT2D eigenvalue weighted by molar-refractivity contribution is 0.112. The van der Waals surface area contributed by atoms with E-state index in [-0.39, 0.29) is 5.82 Å². The van der Waals surface area contributed by atoms with Gasteiger partial charge in [-0.3, -0.25) is 4.79 Å². The smallest absolute Gasteiger partial charge is 0.153 e. The molecule has 0 N–H and O–H groups in total. The monoisotopic (exact) mass is 252 g/mol. The molecule has 1 heterocycles. The van der Waals surface area contributed by atoms with Crippen molar-refractivity contribution >= 4 is 17.3 Å². The third-order valence-electron chi connectivity index (χ3n) is 2.23. The molecule has 17 heavy (non-hydrogen) atoms. The molecule has 1 unspecified atom stereocenters. The number of hydrogen-bond acceptors (Lipinski definition) is 3. The van der Waals surface area contributed by atoms with E-state index >= 15 is 0 Å². The average molecular weight is 252 g/mol. The molecule has 0 amide bonds. The zero-order valence-electron chi connectivity index (χ0n) is 8.96. The van der Waals surface area contributed by atoms with Crippen molar-refractivity contribution in [2.75, 3.05) is 6.26 Å². The minimum atomic E-state index is -1.33. The molecule has 0 saturated heterocycles. The highest BCUT2D eigenvalue weighted by Gasteiger charge is 2.12. The fourth-order valence-corrected chi connectivity index (χ4v) is 1.87. The molecule has 2 aromatic rings. The van der Waals surface area contributed by atoms with Crippen molar-refractivity contribution < 1.29 is 13.4 Å². The lowest BCUT2D eigenvalue weighted by Crippen LogP contribution is -2.01. The first-order chi connectivity index (χ1) is 8.11. The Labute approximate surface area is 99.7 Å². The standard InChI is InChI=1S/C11H9FN2O2S/c1-17(16)14-6-9(7-15)11(13-14)8-2-4-10(12)5-3-8/h2-7H,1H3. The summed E-state index contributed by atoms with van der Waals surface area (Å²) in [5.41, 5.74) is 1.33. The molecule has 0 fully saturated rings. The number of carbonyl (C=O) groups excluding carboxylic acids is 1. The van der Waals surface area contributed by atoms with Gasteiger partial charge in [0.05, 0.1) is 11.8 Å². The summed E-state index contributed by atoms with van der Waals surface area (Å²) < 4.78 is 25.2. The molecule has 4 nitrogen and oxygen atoms in total. The summed E-state index contributed by atoms with van der Waals surface area (Å²) in [6.07, 6.45) is 3.49. The summed E-state index contributed by atoms with van der Waals surface area (Å²) in [5, 5.41) is 4.04. The maximum Gasteiger partial charge on any atom is 0.153 e. The van der Waals surface area contributed by atoms with Crippen LogP contribution >= 0.6 is 0 Å². The molecule has 1 aromatic heterocycles. The second-order valence-electron chi connectivity index (χ2n) is 3.38. The molecule has 88 valence electrons. The number of aldehydes is 1. The Morgan fingerprint density at radius 2 is 2.00 bits per heavy atom. The largest absolute Gasteiger partial charge is 0.298 e. The Balaban J connectivity index is 2.54. The van der Waals surface area contributed by atoms with Crippen molar-refractivity contribution in [2.24, 2.45) is 0 Å². The molecule has 1 aromatic carbocycles. The highest BCUT2D eigenvalue weighted by atomic mass is 32.2. The molecule has 0 spiro atoms. The van der Waals surface area contributed by atoms with Crippen LogP contribution in [0.4, 0.5) is 4.39 Å². The van der Waals surface area contributed by atoms with Gasteiger partial charge in [-0.25, -0.2) is 8.60 Å². The number of rotatable bonds is 3. The minimum absolute atomic E-state index is 0.326. The zero-order valence-corrected chi connectivity index (χ0v) is 9.78.